The van der Waals surface area contributed by atoms with Gasteiger partial charge in [-0.25, -0.2) is 9.59 Å². The minimum Gasteiger partial charge on any atom is -0.494 e. The minimum atomic E-state index is -0.558. The molecule has 0 aliphatic rings. The van der Waals surface area contributed by atoms with Crippen LogP contribution in [0.2, 0.25) is 0 Å². The number of unbranched alkanes of at least 4 members (excludes halogenated alkanes) is 25. The number of ether oxygens (including phenoxy) is 4. The van der Waals surface area contributed by atoms with Crippen molar-refractivity contribution >= 4 is 30.5 Å². The molecule has 8 heteroatoms. The third-order valence-electron chi connectivity index (χ3n) is 11.0. The largest absolute Gasteiger partial charge is 0.494 e. The molecule has 0 aliphatic heterocycles. The molecule has 3 rings (SSSR count). The first kappa shape index (κ1) is 50.6. The van der Waals surface area contributed by atoms with Crippen LogP contribution in [-0.4, -0.2) is 30.3 Å². The Hall–Kier alpha value is -3.78. The summed E-state index contributed by atoms with van der Waals surface area (Å²) in [5.41, 5.74) is 0.710. The molecule has 0 amide bonds. The lowest BCUT2D eigenvalue weighted by Crippen LogP contribution is -2.10. The quantitative estimate of drug-likeness (QED) is 0.0270. The van der Waals surface area contributed by atoms with Crippen LogP contribution in [0.25, 0.3) is 0 Å². The third-order valence-corrected chi connectivity index (χ3v) is 11.3. The van der Waals surface area contributed by atoms with E-state index in [0.717, 1.165) is 37.2 Å². The van der Waals surface area contributed by atoms with Gasteiger partial charge in [-0.1, -0.05) is 161 Å². The maximum Gasteiger partial charge on any atom is 0.343 e. The predicted octanol–water partition coefficient (Wildman–Crippen LogP) is 15.3. The first-order valence-corrected chi connectivity index (χ1v) is 24.3. The summed E-state index contributed by atoms with van der Waals surface area (Å²) in [7, 11) is 0. The van der Waals surface area contributed by atoms with Crippen molar-refractivity contribution in [3.8, 4) is 23.0 Å². The summed E-state index contributed by atoms with van der Waals surface area (Å²) in [4.78, 5) is 37.9. The highest BCUT2D eigenvalue weighted by molar-refractivity contribution is 7.80. The minimum absolute atomic E-state index is 0.258. The van der Waals surface area contributed by atoms with Gasteiger partial charge in [-0.15, -0.1) is 0 Å². The lowest BCUT2D eigenvalue weighted by atomic mass is 10.0. The van der Waals surface area contributed by atoms with Crippen LogP contribution in [0.15, 0.2) is 72.8 Å². The maximum absolute atomic E-state index is 12.8. The molecule has 3 aromatic carbocycles. The van der Waals surface area contributed by atoms with E-state index in [-0.39, 0.29) is 5.97 Å². The molecule has 60 heavy (non-hydrogen) atoms. The van der Waals surface area contributed by atoms with Crippen LogP contribution in [-0.2, 0) is 4.79 Å². The summed E-state index contributed by atoms with van der Waals surface area (Å²) in [6.07, 6.45) is 35.0. The van der Waals surface area contributed by atoms with E-state index >= 15 is 0 Å². The van der Waals surface area contributed by atoms with E-state index in [0.29, 0.717) is 41.4 Å². The van der Waals surface area contributed by atoms with E-state index in [1.165, 1.54) is 148 Å². The van der Waals surface area contributed by atoms with Gasteiger partial charge in [0.05, 0.1) is 17.7 Å². The lowest BCUT2D eigenvalue weighted by Gasteiger charge is -2.09. The van der Waals surface area contributed by atoms with E-state index in [1.54, 1.807) is 72.8 Å². The van der Waals surface area contributed by atoms with Gasteiger partial charge in [-0.3, -0.25) is 4.79 Å². The molecule has 0 aliphatic carbocycles. The van der Waals surface area contributed by atoms with Crippen LogP contribution in [0, 0.1) is 0 Å². The smallest absolute Gasteiger partial charge is 0.343 e. The summed E-state index contributed by atoms with van der Waals surface area (Å²) in [5, 5.41) is 0. The molecule has 0 aromatic heterocycles. The number of carbonyl (C=O) groups excluding carboxylic acids is 3. The van der Waals surface area contributed by atoms with Crippen molar-refractivity contribution in [1.82, 2.24) is 0 Å². The molecule has 0 radical (unpaired) electrons. The Bertz CT molecular complexity index is 1540. The number of hydrogen-bond acceptors (Lipinski definition) is 8. The fraction of sp³-hybridized carbons (Fsp3) is 0.596. The zero-order valence-electron chi connectivity index (χ0n) is 36.9. The summed E-state index contributed by atoms with van der Waals surface area (Å²) < 4.78 is 22.4. The van der Waals surface area contributed by atoms with Crippen LogP contribution < -0.4 is 18.9 Å². The van der Waals surface area contributed by atoms with E-state index in [9.17, 15) is 14.4 Å². The molecule has 332 valence electrons. The highest BCUT2D eigenvalue weighted by atomic mass is 32.1. The summed E-state index contributed by atoms with van der Waals surface area (Å²) in [6.45, 7) is 2.93. The first-order valence-electron chi connectivity index (χ1n) is 23.7. The SMILES string of the molecule is CCCCCCCCCCCCCCCCOc1ccc(C(=O)Oc2ccc(C(=O)Oc3ccc(OC(=O)CCCCCCCCCCCCCCCS)cc3)cc2)cc1. The van der Waals surface area contributed by atoms with Crippen molar-refractivity contribution in [2.45, 2.75) is 187 Å². The van der Waals surface area contributed by atoms with Gasteiger partial charge < -0.3 is 18.9 Å². The summed E-state index contributed by atoms with van der Waals surface area (Å²) in [5.74, 6) is 1.47. The zero-order chi connectivity index (χ0) is 42.7. The molecule has 0 fully saturated rings. The maximum atomic E-state index is 12.8. The molecule has 7 nitrogen and oxygen atoms in total. The van der Waals surface area contributed by atoms with Crippen LogP contribution >= 0.6 is 12.6 Å². The topological polar surface area (TPSA) is 88.1 Å². The Balaban J connectivity index is 1.21. The van der Waals surface area contributed by atoms with Gasteiger partial charge in [-0.2, -0.15) is 12.6 Å². The number of benzene rings is 3. The van der Waals surface area contributed by atoms with Crippen molar-refractivity contribution in [3.05, 3.63) is 83.9 Å². The molecule has 0 atom stereocenters. The normalized spacial score (nSPS) is 11.0. The number of thiol groups is 1. The van der Waals surface area contributed by atoms with Gasteiger partial charge in [0.1, 0.15) is 23.0 Å². The molecule has 0 heterocycles. The second-order valence-corrected chi connectivity index (χ2v) is 16.7. The van der Waals surface area contributed by atoms with E-state index < -0.39 is 11.9 Å². The Labute approximate surface area is 368 Å². The van der Waals surface area contributed by atoms with Gasteiger partial charge in [0, 0.05) is 6.42 Å². The summed E-state index contributed by atoms with van der Waals surface area (Å²) in [6, 6.07) is 19.6. The Morgan fingerprint density at radius 1 is 0.383 bits per heavy atom. The molecule has 0 saturated carbocycles. The van der Waals surface area contributed by atoms with Gasteiger partial charge in [0.2, 0.25) is 0 Å². The van der Waals surface area contributed by atoms with Crippen LogP contribution in [0.1, 0.15) is 207 Å². The van der Waals surface area contributed by atoms with E-state index in [4.69, 9.17) is 18.9 Å². The number of hydrogen-bond donors (Lipinski definition) is 1. The Morgan fingerprint density at radius 3 is 1.10 bits per heavy atom. The Morgan fingerprint density at radius 2 is 0.700 bits per heavy atom. The van der Waals surface area contributed by atoms with Crippen molar-refractivity contribution < 1.29 is 33.3 Å². The second-order valence-electron chi connectivity index (χ2n) is 16.3. The highest BCUT2D eigenvalue weighted by Gasteiger charge is 2.13. The Kier molecular flexibility index (Phi) is 28.6. The number of carbonyl (C=O) groups is 3. The van der Waals surface area contributed by atoms with Gasteiger partial charge in [0.15, 0.2) is 0 Å². The van der Waals surface area contributed by atoms with E-state index in [1.807, 2.05) is 0 Å². The molecule has 0 bridgehead atoms. The van der Waals surface area contributed by atoms with Crippen molar-refractivity contribution in [2.75, 3.05) is 12.4 Å². The molecular weight excluding hydrogens is 769 g/mol. The molecule has 0 unspecified atom stereocenters. The lowest BCUT2D eigenvalue weighted by molar-refractivity contribution is -0.134. The van der Waals surface area contributed by atoms with Crippen LogP contribution in [0.4, 0.5) is 0 Å². The number of rotatable bonds is 36. The molecular formula is C52H76O7S. The zero-order valence-corrected chi connectivity index (χ0v) is 37.8. The molecule has 0 N–H and O–H groups in total. The monoisotopic (exact) mass is 845 g/mol. The second kappa shape index (κ2) is 33.9. The van der Waals surface area contributed by atoms with Crippen LogP contribution in [0.3, 0.4) is 0 Å². The van der Waals surface area contributed by atoms with Gasteiger partial charge in [0.25, 0.3) is 0 Å². The average Bonchev–Trinajstić information content (AvgIpc) is 3.26. The number of esters is 3. The average molecular weight is 845 g/mol. The van der Waals surface area contributed by atoms with Crippen molar-refractivity contribution in [2.24, 2.45) is 0 Å². The predicted molar refractivity (Wildman–Crippen MR) is 249 cm³/mol. The molecule has 3 aromatic rings. The first-order chi connectivity index (χ1) is 29.5. The van der Waals surface area contributed by atoms with Gasteiger partial charge >= 0.3 is 17.9 Å². The van der Waals surface area contributed by atoms with Crippen LogP contribution in [0.5, 0.6) is 23.0 Å². The third kappa shape index (κ3) is 24.5. The fourth-order valence-electron chi connectivity index (χ4n) is 7.25. The fourth-order valence-corrected chi connectivity index (χ4v) is 7.47. The molecule has 0 spiro atoms. The highest BCUT2D eigenvalue weighted by Crippen LogP contribution is 2.22. The van der Waals surface area contributed by atoms with Gasteiger partial charge in [-0.05, 0) is 97.8 Å². The standard InChI is InChI=1S/C52H76O7S/c1-2-3-4-5-6-7-8-9-12-15-18-21-24-27-42-56-46-34-30-44(31-35-46)51(54)58-48-36-32-45(33-37-48)52(55)59-49-40-38-47(39-41-49)57-50(53)29-26-23-20-17-14-11-10-13-16-19-22-25-28-43-60/h30-41,60H,2-29,42-43H2,1H3. The molecule has 0 saturated heterocycles. The van der Waals surface area contributed by atoms with E-state index in [2.05, 4.69) is 19.6 Å². The summed E-state index contributed by atoms with van der Waals surface area (Å²) >= 11 is 4.27. The van der Waals surface area contributed by atoms with Crippen molar-refractivity contribution in [1.29, 1.82) is 0 Å². The van der Waals surface area contributed by atoms with Crippen molar-refractivity contribution in [3.63, 3.8) is 0 Å².